The minimum absolute atomic E-state index is 0.203. The molecule has 5 rings (SSSR count). The largest absolute Gasteiger partial charge is 0.398 e. The van der Waals surface area contributed by atoms with Crippen molar-refractivity contribution in [3.63, 3.8) is 0 Å². The summed E-state index contributed by atoms with van der Waals surface area (Å²) in [5.41, 5.74) is 11.7. The van der Waals surface area contributed by atoms with E-state index < -0.39 is 0 Å². The fourth-order valence-corrected chi connectivity index (χ4v) is 4.38. The molecule has 4 aromatic rings. The van der Waals surface area contributed by atoms with Crippen molar-refractivity contribution in [1.29, 1.82) is 5.41 Å². The van der Waals surface area contributed by atoms with E-state index >= 15 is 0 Å². The van der Waals surface area contributed by atoms with Crippen LogP contribution in [0.15, 0.2) is 42.9 Å². The molecule has 1 fully saturated rings. The lowest BCUT2D eigenvalue weighted by atomic mass is 9.85. The molecule has 0 atom stereocenters. The first kappa shape index (κ1) is 22.7. The van der Waals surface area contributed by atoms with Crippen LogP contribution in [-0.4, -0.2) is 43.0 Å². The third-order valence-electron chi connectivity index (χ3n) is 6.36. The summed E-state index contributed by atoms with van der Waals surface area (Å²) < 4.78 is 3.74. The molecule has 1 aliphatic rings. The number of nitrogens with two attached hydrogens (primary N) is 1. The molecular weight excluding hydrogens is 442 g/mol. The zero-order valence-electron chi connectivity index (χ0n) is 19.7. The SMILES string of the molecule is CC(=O)Nc1cc(N)c(C=N)c(-c2cn(Cc3cn4cc(CNCC5CCC5)ccc4n3)nn2)c1. The topological polar surface area (TPSA) is 139 Å². The van der Waals surface area contributed by atoms with Gasteiger partial charge in [0.25, 0.3) is 0 Å². The van der Waals surface area contributed by atoms with Gasteiger partial charge >= 0.3 is 0 Å². The molecule has 0 aliphatic heterocycles. The Morgan fingerprint density at radius 1 is 1.26 bits per heavy atom. The average Bonchev–Trinajstić information content (AvgIpc) is 3.41. The van der Waals surface area contributed by atoms with E-state index in [-0.39, 0.29) is 5.91 Å². The maximum absolute atomic E-state index is 11.5. The highest BCUT2D eigenvalue weighted by molar-refractivity contribution is 5.98. The maximum atomic E-state index is 11.5. The Bertz CT molecular complexity index is 1380. The van der Waals surface area contributed by atoms with Gasteiger partial charge < -0.3 is 26.2 Å². The van der Waals surface area contributed by atoms with Gasteiger partial charge in [-0.15, -0.1) is 5.10 Å². The molecule has 35 heavy (non-hydrogen) atoms. The van der Waals surface area contributed by atoms with Gasteiger partial charge in [-0.05, 0) is 49.1 Å². The molecule has 3 heterocycles. The second-order valence-electron chi connectivity index (χ2n) is 9.12. The first-order valence-corrected chi connectivity index (χ1v) is 11.8. The van der Waals surface area contributed by atoms with Gasteiger partial charge in [-0.2, -0.15) is 0 Å². The number of nitrogens with one attached hydrogen (secondary N) is 3. The van der Waals surface area contributed by atoms with Crippen LogP contribution in [0.4, 0.5) is 11.4 Å². The quantitative estimate of drug-likeness (QED) is 0.219. The maximum Gasteiger partial charge on any atom is 0.221 e. The molecule has 10 heteroatoms. The average molecular weight is 472 g/mol. The minimum Gasteiger partial charge on any atom is -0.398 e. The lowest BCUT2D eigenvalue weighted by molar-refractivity contribution is -0.114. The molecule has 0 radical (unpaired) electrons. The minimum atomic E-state index is -0.203. The Morgan fingerprint density at radius 3 is 2.86 bits per heavy atom. The first-order valence-electron chi connectivity index (χ1n) is 11.8. The van der Waals surface area contributed by atoms with Gasteiger partial charge in [-0.3, -0.25) is 4.79 Å². The van der Waals surface area contributed by atoms with Crippen molar-refractivity contribution in [3.05, 3.63) is 59.7 Å². The van der Waals surface area contributed by atoms with Gasteiger partial charge in [0, 0.05) is 54.6 Å². The summed E-state index contributed by atoms with van der Waals surface area (Å²) in [6.45, 7) is 3.81. The molecule has 1 saturated carbocycles. The molecule has 1 amide bonds. The normalized spacial score (nSPS) is 13.6. The zero-order chi connectivity index (χ0) is 24.4. The summed E-state index contributed by atoms with van der Waals surface area (Å²) in [5, 5.41) is 22.6. The molecule has 0 bridgehead atoms. The van der Waals surface area contributed by atoms with E-state index in [4.69, 9.17) is 16.1 Å². The fourth-order valence-electron chi connectivity index (χ4n) is 4.38. The van der Waals surface area contributed by atoms with Gasteiger partial charge in [-0.25, -0.2) is 9.67 Å². The second-order valence-corrected chi connectivity index (χ2v) is 9.12. The van der Waals surface area contributed by atoms with Gasteiger partial charge in [0.2, 0.25) is 5.91 Å². The molecule has 3 aromatic heterocycles. The standard InChI is InChI=1S/C25H29N9O/c1-16(35)29-19-7-21(22(9-26)23(27)8-19)24-15-34(32-31-24)14-20-13-33-12-18(5-6-25(33)30-20)11-28-10-17-3-2-4-17/h5-9,12-13,15,17,26,28H,2-4,10-11,14,27H2,1H3,(H,29,35). The number of nitrogens with zero attached hydrogens (tertiary/aromatic N) is 5. The molecule has 1 aliphatic carbocycles. The van der Waals surface area contributed by atoms with Crippen LogP contribution in [0.2, 0.25) is 0 Å². The lowest BCUT2D eigenvalue weighted by Gasteiger charge is -2.25. The van der Waals surface area contributed by atoms with Crippen LogP contribution in [0.1, 0.15) is 43.0 Å². The molecule has 10 nitrogen and oxygen atoms in total. The molecule has 5 N–H and O–H groups in total. The number of amides is 1. The van der Waals surface area contributed by atoms with Crippen molar-refractivity contribution >= 4 is 29.1 Å². The van der Waals surface area contributed by atoms with Crippen LogP contribution >= 0.6 is 0 Å². The Labute approximate surface area is 203 Å². The number of hydrogen-bond donors (Lipinski definition) is 4. The fraction of sp³-hybridized carbons (Fsp3) is 0.320. The second kappa shape index (κ2) is 9.67. The van der Waals surface area contributed by atoms with Crippen molar-refractivity contribution < 1.29 is 4.79 Å². The van der Waals surface area contributed by atoms with Crippen LogP contribution < -0.4 is 16.4 Å². The summed E-state index contributed by atoms with van der Waals surface area (Å²) in [6.07, 6.45) is 11.1. The molecular formula is C25H29N9O. The number of carbonyl (C=O) groups is 1. The number of aromatic nitrogens is 5. The zero-order valence-corrected chi connectivity index (χ0v) is 19.7. The predicted octanol–water partition coefficient (Wildman–Crippen LogP) is 3.07. The third kappa shape index (κ3) is 5.07. The Hall–Kier alpha value is -4.05. The van der Waals surface area contributed by atoms with Crippen molar-refractivity contribution in [3.8, 4) is 11.3 Å². The van der Waals surface area contributed by atoms with Crippen LogP contribution in [0.3, 0.4) is 0 Å². The number of nitrogen functional groups attached to an aromatic ring is 1. The predicted molar refractivity (Wildman–Crippen MR) is 135 cm³/mol. The highest BCUT2D eigenvalue weighted by atomic mass is 16.1. The van der Waals surface area contributed by atoms with Crippen molar-refractivity contribution in [2.24, 2.45) is 5.92 Å². The number of rotatable bonds is 9. The molecule has 1 aromatic carbocycles. The summed E-state index contributed by atoms with van der Waals surface area (Å²) in [6, 6.07) is 7.52. The van der Waals surface area contributed by atoms with E-state index in [2.05, 4.69) is 33.2 Å². The molecule has 180 valence electrons. The van der Waals surface area contributed by atoms with Crippen molar-refractivity contribution in [2.45, 2.75) is 39.3 Å². The van der Waals surface area contributed by atoms with E-state index in [1.165, 1.54) is 38.0 Å². The highest BCUT2D eigenvalue weighted by Crippen LogP contribution is 2.29. The van der Waals surface area contributed by atoms with E-state index in [1.807, 2.05) is 16.7 Å². The Morgan fingerprint density at radius 2 is 2.11 bits per heavy atom. The number of anilines is 2. The van der Waals surface area contributed by atoms with Crippen LogP contribution in [-0.2, 0) is 17.9 Å². The van der Waals surface area contributed by atoms with Crippen molar-refractivity contribution in [1.82, 2.24) is 29.7 Å². The van der Waals surface area contributed by atoms with Crippen LogP contribution in [0.5, 0.6) is 0 Å². The van der Waals surface area contributed by atoms with E-state index in [0.29, 0.717) is 34.7 Å². The highest BCUT2D eigenvalue weighted by Gasteiger charge is 2.17. The summed E-state index contributed by atoms with van der Waals surface area (Å²) in [7, 11) is 0. The van der Waals surface area contributed by atoms with Crippen LogP contribution in [0, 0.1) is 11.3 Å². The summed E-state index contributed by atoms with van der Waals surface area (Å²) in [4.78, 5) is 16.2. The molecule has 0 spiro atoms. The van der Waals surface area contributed by atoms with Gasteiger partial charge in [0.1, 0.15) is 11.3 Å². The summed E-state index contributed by atoms with van der Waals surface area (Å²) in [5.74, 6) is 0.635. The lowest BCUT2D eigenvalue weighted by Crippen LogP contribution is -2.26. The molecule has 0 saturated heterocycles. The third-order valence-corrected chi connectivity index (χ3v) is 6.36. The molecule has 0 unspecified atom stereocenters. The van der Waals surface area contributed by atoms with Gasteiger partial charge in [-0.1, -0.05) is 17.7 Å². The Kier molecular flexibility index (Phi) is 6.28. The summed E-state index contributed by atoms with van der Waals surface area (Å²) >= 11 is 0. The monoisotopic (exact) mass is 471 g/mol. The van der Waals surface area contributed by atoms with Gasteiger partial charge in [0.15, 0.2) is 0 Å². The first-order chi connectivity index (χ1) is 17.0. The number of pyridine rings is 1. The van der Waals surface area contributed by atoms with E-state index in [0.717, 1.165) is 30.3 Å². The number of fused-ring (bicyclic) bond motifs is 1. The van der Waals surface area contributed by atoms with Crippen molar-refractivity contribution in [2.75, 3.05) is 17.6 Å². The van der Waals surface area contributed by atoms with E-state index in [1.54, 1.807) is 23.0 Å². The van der Waals surface area contributed by atoms with Gasteiger partial charge in [0.05, 0.1) is 18.4 Å². The number of benzene rings is 1. The number of hydrogen-bond acceptors (Lipinski definition) is 7. The Balaban J connectivity index is 1.32. The number of imidazole rings is 1. The van der Waals surface area contributed by atoms with Crippen LogP contribution in [0.25, 0.3) is 16.9 Å². The smallest absolute Gasteiger partial charge is 0.221 e. The number of carbonyl (C=O) groups excluding carboxylic acids is 1. The van der Waals surface area contributed by atoms with E-state index in [9.17, 15) is 4.79 Å².